The van der Waals surface area contributed by atoms with Crippen molar-refractivity contribution in [2.24, 2.45) is 16.7 Å². The lowest BCUT2D eigenvalue weighted by Gasteiger charge is -2.36. The highest BCUT2D eigenvalue weighted by atomic mass is 15.2. The minimum Gasteiger partial charge on any atom is -0.312 e. The molecule has 2 nitrogen and oxygen atoms in total. The Morgan fingerprint density at radius 3 is 2.24 bits per heavy atom. The topological polar surface area (TPSA) is 15.3 Å². The second-order valence-electron chi connectivity index (χ2n) is 9.17. The fourth-order valence-electron chi connectivity index (χ4n) is 3.43. The zero-order valence-electron chi connectivity index (χ0n) is 15.8. The maximum absolute atomic E-state index is 3.78. The van der Waals surface area contributed by atoms with Gasteiger partial charge in [-0.3, -0.25) is 0 Å². The molecular formula is C19H40N2. The average Bonchev–Trinajstić information content (AvgIpc) is 2.57. The van der Waals surface area contributed by atoms with Gasteiger partial charge in [0.25, 0.3) is 0 Å². The van der Waals surface area contributed by atoms with E-state index in [2.05, 4.69) is 58.7 Å². The second kappa shape index (κ2) is 7.97. The standard InChI is InChI=1S/C19H40N2/c1-8-12-20-17(19(5,6)7)15-21-13-9-10-16(11-14-21)18(2,3)4/h16-17,20H,8-15H2,1-7H3. The number of hydrogen-bond acceptors (Lipinski definition) is 2. The van der Waals surface area contributed by atoms with Crippen LogP contribution < -0.4 is 5.32 Å². The molecule has 0 radical (unpaired) electrons. The second-order valence-corrected chi connectivity index (χ2v) is 9.17. The largest absolute Gasteiger partial charge is 0.312 e. The van der Waals surface area contributed by atoms with Gasteiger partial charge in [-0.2, -0.15) is 0 Å². The van der Waals surface area contributed by atoms with E-state index in [-0.39, 0.29) is 0 Å². The minimum absolute atomic E-state index is 0.338. The quantitative estimate of drug-likeness (QED) is 0.800. The highest BCUT2D eigenvalue weighted by Gasteiger charge is 2.30. The lowest BCUT2D eigenvalue weighted by atomic mass is 9.77. The van der Waals surface area contributed by atoms with Crippen molar-refractivity contribution in [3.05, 3.63) is 0 Å². The van der Waals surface area contributed by atoms with Crippen LogP contribution in [0.25, 0.3) is 0 Å². The lowest BCUT2D eigenvalue weighted by Crippen LogP contribution is -2.49. The molecule has 2 heteroatoms. The number of likely N-dealkylation sites (tertiary alicyclic amines) is 1. The summed E-state index contributed by atoms with van der Waals surface area (Å²) in [6.07, 6.45) is 5.36. The lowest BCUT2D eigenvalue weighted by molar-refractivity contribution is 0.167. The molecule has 0 aromatic carbocycles. The number of rotatable bonds is 5. The third kappa shape index (κ3) is 6.69. The monoisotopic (exact) mass is 296 g/mol. The highest BCUT2D eigenvalue weighted by Crippen LogP contribution is 2.34. The first-order valence-electron chi connectivity index (χ1n) is 9.10. The van der Waals surface area contributed by atoms with Crippen LogP contribution in [0.2, 0.25) is 0 Å². The van der Waals surface area contributed by atoms with E-state index in [1.165, 1.54) is 45.3 Å². The molecule has 0 aromatic heterocycles. The Morgan fingerprint density at radius 2 is 1.71 bits per heavy atom. The molecule has 0 bridgehead atoms. The van der Waals surface area contributed by atoms with E-state index in [0.29, 0.717) is 16.9 Å². The molecule has 2 atom stereocenters. The predicted molar refractivity (Wildman–Crippen MR) is 94.8 cm³/mol. The van der Waals surface area contributed by atoms with Gasteiger partial charge in [-0.1, -0.05) is 48.5 Å². The summed E-state index contributed by atoms with van der Waals surface area (Å²) in [6.45, 7) is 21.5. The molecule has 1 saturated heterocycles. The highest BCUT2D eigenvalue weighted by molar-refractivity contribution is 4.86. The van der Waals surface area contributed by atoms with Gasteiger partial charge >= 0.3 is 0 Å². The molecule has 0 aromatic rings. The predicted octanol–water partition coefficient (Wildman–Crippen LogP) is 4.55. The molecule has 0 amide bonds. The van der Waals surface area contributed by atoms with Gasteiger partial charge in [0, 0.05) is 12.6 Å². The summed E-state index contributed by atoms with van der Waals surface area (Å²) >= 11 is 0. The van der Waals surface area contributed by atoms with Gasteiger partial charge in [0.05, 0.1) is 0 Å². The van der Waals surface area contributed by atoms with Gasteiger partial charge in [-0.25, -0.2) is 0 Å². The van der Waals surface area contributed by atoms with Crippen molar-refractivity contribution in [1.29, 1.82) is 0 Å². The minimum atomic E-state index is 0.338. The summed E-state index contributed by atoms with van der Waals surface area (Å²) in [7, 11) is 0. The van der Waals surface area contributed by atoms with Gasteiger partial charge in [0.15, 0.2) is 0 Å². The third-order valence-corrected chi connectivity index (χ3v) is 5.17. The van der Waals surface area contributed by atoms with Crippen LogP contribution in [0.4, 0.5) is 0 Å². The summed E-state index contributed by atoms with van der Waals surface area (Å²) < 4.78 is 0. The summed E-state index contributed by atoms with van der Waals surface area (Å²) in [5, 5.41) is 3.78. The Hall–Kier alpha value is -0.0800. The number of nitrogens with one attached hydrogen (secondary N) is 1. The van der Waals surface area contributed by atoms with Crippen LogP contribution in [0, 0.1) is 16.7 Å². The molecule has 1 aliphatic heterocycles. The smallest absolute Gasteiger partial charge is 0.0243 e. The molecule has 126 valence electrons. The van der Waals surface area contributed by atoms with E-state index in [4.69, 9.17) is 0 Å². The summed E-state index contributed by atoms with van der Waals surface area (Å²) in [6, 6.07) is 0.601. The molecule has 1 heterocycles. The molecule has 1 N–H and O–H groups in total. The summed E-state index contributed by atoms with van der Waals surface area (Å²) in [5.41, 5.74) is 0.810. The normalized spacial score (nSPS) is 23.9. The maximum atomic E-state index is 3.78. The van der Waals surface area contributed by atoms with Crippen molar-refractivity contribution in [3.63, 3.8) is 0 Å². The van der Waals surface area contributed by atoms with Crippen LogP contribution in [0.5, 0.6) is 0 Å². The van der Waals surface area contributed by atoms with Gasteiger partial charge in [-0.15, -0.1) is 0 Å². The van der Waals surface area contributed by atoms with E-state index in [1.807, 2.05) is 0 Å². The van der Waals surface area contributed by atoms with E-state index >= 15 is 0 Å². The summed E-state index contributed by atoms with van der Waals surface area (Å²) in [5.74, 6) is 0.888. The Kier molecular flexibility index (Phi) is 7.19. The molecule has 21 heavy (non-hydrogen) atoms. The summed E-state index contributed by atoms with van der Waals surface area (Å²) in [4.78, 5) is 2.71. The fraction of sp³-hybridized carbons (Fsp3) is 1.00. The van der Waals surface area contributed by atoms with Crippen molar-refractivity contribution in [2.45, 2.75) is 80.2 Å². The van der Waals surface area contributed by atoms with Gasteiger partial charge < -0.3 is 10.2 Å². The van der Waals surface area contributed by atoms with Crippen LogP contribution in [0.1, 0.15) is 74.1 Å². The van der Waals surface area contributed by atoms with Crippen molar-refractivity contribution in [1.82, 2.24) is 10.2 Å². The Balaban J connectivity index is 2.56. The third-order valence-electron chi connectivity index (χ3n) is 5.17. The van der Waals surface area contributed by atoms with Crippen LogP contribution in [0.15, 0.2) is 0 Å². The van der Waals surface area contributed by atoms with Crippen LogP contribution >= 0.6 is 0 Å². The zero-order chi connectivity index (χ0) is 16.1. The molecule has 1 rings (SSSR count). The van der Waals surface area contributed by atoms with Crippen LogP contribution in [-0.2, 0) is 0 Å². The first-order valence-corrected chi connectivity index (χ1v) is 9.10. The number of nitrogens with zero attached hydrogens (tertiary/aromatic N) is 1. The van der Waals surface area contributed by atoms with Gasteiger partial charge in [-0.05, 0) is 62.1 Å². The van der Waals surface area contributed by atoms with E-state index in [9.17, 15) is 0 Å². The van der Waals surface area contributed by atoms with Crippen LogP contribution in [-0.4, -0.2) is 37.1 Å². The molecule has 2 unspecified atom stereocenters. The first-order chi connectivity index (χ1) is 9.64. The van der Waals surface area contributed by atoms with E-state index in [1.54, 1.807) is 0 Å². The molecule has 0 aliphatic carbocycles. The Labute approximate surface area is 134 Å². The SMILES string of the molecule is CCCNC(CN1CCCC(C(C)(C)C)CC1)C(C)(C)C. The van der Waals surface area contributed by atoms with E-state index < -0.39 is 0 Å². The van der Waals surface area contributed by atoms with Crippen LogP contribution in [0.3, 0.4) is 0 Å². The molecule has 0 saturated carbocycles. The maximum Gasteiger partial charge on any atom is 0.0243 e. The zero-order valence-corrected chi connectivity index (χ0v) is 15.8. The fourth-order valence-corrected chi connectivity index (χ4v) is 3.43. The average molecular weight is 297 g/mol. The van der Waals surface area contributed by atoms with Gasteiger partial charge in [0.2, 0.25) is 0 Å². The van der Waals surface area contributed by atoms with Crippen molar-refractivity contribution < 1.29 is 0 Å². The van der Waals surface area contributed by atoms with Crippen molar-refractivity contribution in [3.8, 4) is 0 Å². The molecule has 0 spiro atoms. The Bertz CT molecular complexity index is 285. The first kappa shape index (κ1) is 19.0. The van der Waals surface area contributed by atoms with Crippen molar-refractivity contribution >= 4 is 0 Å². The van der Waals surface area contributed by atoms with Gasteiger partial charge in [0.1, 0.15) is 0 Å². The molecular weight excluding hydrogens is 256 g/mol. The van der Waals surface area contributed by atoms with Crippen molar-refractivity contribution in [2.75, 3.05) is 26.2 Å². The van der Waals surface area contributed by atoms with E-state index in [0.717, 1.165) is 12.5 Å². The number of hydrogen-bond donors (Lipinski definition) is 1. The molecule has 1 fully saturated rings. The molecule has 1 aliphatic rings. The Morgan fingerprint density at radius 1 is 1.05 bits per heavy atom.